The molecule has 2 heterocycles. The van der Waals surface area contributed by atoms with Crippen LogP contribution < -0.4 is 0 Å². The van der Waals surface area contributed by atoms with Crippen LogP contribution in [0.2, 0.25) is 0 Å². The first-order valence-corrected chi connectivity index (χ1v) is 8.96. The van der Waals surface area contributed by atoms with Crippen molar-refractivity contribution in [2.45, 2.75) is 44.0 Å². The lowest BCUT2D eigenvalue weighted by Gasteiger charge is -2.29. The molecule has 0 unspecified atom stereocenters. The number of aryl methyl sites for hydroxylation is 1. The van der Waals surface area contributed by atoms with Crippen molar-refractivity contribution in [3.8, 4) is 0 Å². The van der Waals surface area contributed by atoms with Gasteiger partial charge in [-0.2, -0.15) is 0 Å². The third-order valence-electron chi connectivity index (χ3n) is 5.44. The molecule has 4 rings (SSSR count). The Kier molecular flexibility index (Phi) is 4.46. The van der Waals surface area contributed by atoms with Crippen molar-refractivity contribution in [2.75, 3.05) is 7.05 Å². The average Bonchev–Trinajstić information content (AvgIpc) is 3.38. The highest BCUT2D eigenvalue weighted by Gasteiger charge is 2.39. The number of rotatable bonds is 5. The number of hydrogen-bond acceptors (Lipinski definition) is 4. The Balaban J connectivity index is 1.39. The molecule has 0 saturated heterocycles. The molecule has 0 bridgehead atoms. The van der Waals surface area contributed by atoms with Gasteiger partial charge in [-0.1, -0.05) is 12.1 Å². The molecule has 1 amide bonds. The highest BCUT2D eigenvalue weighted by atomic mass is 16.3. The van der Waals surface area contributed by atoms with Crippen molar-refractivity contribution < 1.29 is 9.90 Å². The predicted molar refractivity (Wildman–Crippen MR) is 97.4 cm³/mol. The van der Waals surface area contributed by atoms with E-state index in [1.54, 1.807) is 30.8 Å². The van der Waals surface area contributed by atoms with Crippen LogP contribution in [-0.4, -0.2) is 54.2 Å². The van der Waals surface area contributed by atoms with Gasteiger partial charge in [0, 0.05) is 32.4 Å². The van der Waals surface area contributed by atoms with Crippen LogP contribution in [0.3, 0.4) is 0 Å². The van der Waals surface area contributed by atoms with Crippen LogP contribution in [0, 0.1) is 0 Å². The molecule has 0 aliphatic heterocycles. The lowest BCUT2D eigenvalue weighted by atomic mass is 10.1. The Morgan fingerprint density at radius 3 is 2.96 bits per heavy atom. The van der Waals surface area contributed by atoms with E-state index in [1.165, 1.54) is 0 Å². The van der Waals surface area contributed by atoms with E-state index in [1.807, 2.05) is 39.6 Å². The van der Waals surface area contributed by atoms with E-state index in [0.717, 1.165) is 23.9 Å². The number of carbonyl (C=O) groups excluding carboxylic acids is 1. The summed E-state index contributed by atoms with van der Waals surface area (Å²) in [6, 6.07) is 7.72. The van der Waals surface area contributed by atoms with E-state index < -0.39 is 6.10 Å². The minimum absolute atomic E-state index is 0.0182. The van der Waals surface area contributed by atoms with Crippen LogP contribution in [0.4, 0.5) is 0 Å². The van der Waals surface area contributed by atoms with Gasteiger partial charge < -0.3 is 19.1 Å². The van der Waals surface area contributed by atoms with Crippen LogP contribution >= 0.6 is 0 Å². The summed E-state index contributed by atoms with van der Waals surface area (Å²) in [7, 11) is 1.79. The number of carbonyl (C=O) groups is 1. The summed E-state index contributed by atoms with van der Waals surface area (Å²) in [5.74, 6) is 0.0399. The molecule has 26 heavy (non-hydrogen) atoms. The Labute approximate surface area is 151 Å². The second-order valence-corrected chi connectivity index (χ2v) is 6.89. The highest BCUT2D eigenvalue weighted by Crippen LogP contribution is 2.33. The maximum Gasteiger partial charge on any atom is 0.224 e. The maximum absolute atomic E-state index is 12.7. The summed E-state index contributed by atoms with van der Waals surface area (Å²) in [5.41, 5.74) is 1.96. The van der Waals surface area contributed by atoms with E-state index >= 15 is 0 Å². The molecular formula is C19H23N5O2. The van der Waals surface area contributed by atoms with Crippen molar-refractivity contribution >= 4 is 16.9 Å². The third-order valence-corrected chi connectivity index (χ3v) is 5.44. The monoisotopic (exact) mass is 353 g/mol. The maximum atomic E-state index is 12.7. The summed E-state index contributed by atoms with van der Waals surface area (Å²) in [6.45, 7) is 0.581. The second-order valence-electron chi connectivity index (χ2n) is 6.89. The molecular weight excluding hydrogens is 330 g/mol. The molecule has 0 radical (unpaired) electrons. The smallest absolute Gasteiger partial charge is 0.224 e. The Morgan fingerprint density at radius 1 is 1.31 bits per heavy atom. The number of nitrogens with zero attached hydrogens (tertiary/aromatic N) is 5. The fourth-order valence-electron chi connectivity index (χ4n) is 3.92. The highest BCUT2D eigenvalue weighted by molar-refractivity contribution is 5.77. The summed E-state index contributed by atoms with van der Waals surface area (Å²) in [6.07, 6.45) is 8.51. The van der Waals surface area contributed by atoms with Crippen LogP contribution in [0.1, 0.15) is 25.3 Å². The predicted octanol–water partition coefficient (Wildman–Crippen LogP) is 1.85. The van der Waals surface area contributed by atoms with E-state index in [9.17, 15) is 9.90 Å². The molecule has 0 spiro atoms. The topological polar surface area (TPSA) is 76.2 Å². The normalized spacial score (nSPS) is 22.8. The Hall–Kier alpha value is -2.67. The molecule has 1 aliphatic rings. The molecule has 7 nitrogen and oxygen atoms in total. The zero-order valence-corrected chi connectivity index (χ0v) is 14.8. The SMILES string of the molecule is CN(C(=O)CCn1cnc2ccccc21)[C@@H]1CC[C@@H](n2ccnc2)[C@@H]1O. The number of amides is 1. The minimum atomic E-state index is -0.577. The van der Waals surface area contributed by atoms with Crippen molar-refractivity contribution in [3.05, 3.63) is 49.3 Å². The number of aliphatic hydroxyl groups excluding tert-OH is 1. The standard InChI is InChI=1S/C19H23N5O2/c1-22(16-6-7-17(19(16)26)24-11-9-20-12-24)18(25)8-10-23-13-21-14-4-2-3-5-15(14)23/h2-5,9,11-13,16-17,19,26H,6-8,10H2,1H3/t16-,17-,19-/m1/s1. The Bertz CT molecular complexity index is 888. The molecule has 7 heteroatoms. The molecule has 1 N–H and O–H groups in total. The lowest BCUT2D eigenvalue weighted by Crippen LogP contribution is -2.43. The molecule has 136 valence electrons. The zero-order valence-electron chi connectivity index (χ0n) is 14.8. The second kappa shape index (κ2) is 6.92. The number of para-hydroxylation sites is 2. The first-order valence-electron chi connectivity index (χ1n) is 8.96. The van der Waals surface area contributed by atoms with Crippen LogP contribution in [0.15, 0.2) is 49.3 Å². The van der Waals surface area contributed by atoms with Gasteiger partial charge in [-0.25, -0.2) is 9.97 Å². The van der Waals surface area contributed by atoms with Crippen molar-refractivity contribution in [3.63, 3.8) is 0 Å². The number of aromatic nitrogens is 4. The van der Waals surface area contributed by atoms with Crippen LogP contribution in [0.5, 0.6) is 0 Å². The number of imidazole rings is 2. The van der Waals surface area contributed by atoms with Gasteiger partial charge in [-0.05, 0) is 25.0 Å². The van der Waals surface area contributed by atoms with Gasteiger partial charge in [0.1, 0.15) is 0 Å². The minimum Gasteiger partial charge on any atom is -0.389 e. The van der Waals surface area contributed by atoms with Crippen molar-refractivity contribution in [1.29, 1.82) is 0 Å². The van der Waals surface area contributed by atoms with Gasteiger partial charge in [0.25, 0.3) is 0 Å². The quantitative estimate of drug-likeness (QED) is 0.759. The van der Waals surface area contributed by atoms with E-state index in [2.05, 4.69) is 9.97 Å². The molecule has 2 aromatic heterocycles. The Morgan fingerprint density at radius 2 is 2.15 bits per heavy atom. The van der Waals surface area contributed by atoms with Crippen molar-refractivity contribution in [1.82, 2.24) is 24.0 Å². The molecule has 1 fully saturated rings. The fraction of sp³-hybridized carbons (Fsp3) is 0.421. The number of fused-ring (bicyclic) bond motifs is 1. The molecule has 1 saturated carbocycles. The first kappa shape index (κ1) is 16.8. The van der Waals surface area contributed by atoms with Gasteiger partial charge in [0.2, 0.25) is 5.91 Å². The van der Waals surface area contributed by atoms with Gasteiger partial charge in [0.15, 0.2) is 0 Å². The van der Waals surface area contributed by atoms with Gasteiger partial charge in [-0.3, -0.25) is 4.79 Å². The van der Waals surface area contributed by atoms with Crippen LogP contribution in [0.25, 0.3) is 11.0 Å². The number of aliphatic hydroxyl groups is 1. The summed E-state index contributed by atoms with van der Waals surface area (Å²) in [5, 5.41) is 10.7. The summed E-state index contributed by atoms with van der Waals surface area (Å²) in [4.78, 5) is 22.8. The molecule has 3 atom stereocenters. The lowest BCUT2D eigenvalue weighted by molar-refractivity contribution is -0.134. The zero-order chi connectivity index (χ0) is 18.1. The average molecular weight is 353 g/mol. The van der Waals surface area contributed by atoms with Crippen LogP contribution in [-0.2, 0) is 11.3 Å². The molecule has 1 aromatic carbocycles. The van der Waals surface area contributed by atoms with Crippen molar-refractivity contribution in [2.24, 2.45) is 0 Å². The van der Waals surface area contributed by atoms with Gasteiger partial charge in [-0.15, -0.1) is 0 Å². The van der Waals surface area contributed by atoms with Gasteiger partial charge in [0.05, 0.1) is 41.9 Å². The number of likely N-dealkylation sites (N-methyl/N-ethyl adjacent to an activating group) is 1. The first-order chi connectivity index (χ1) is 12.6. The largest absolute Gasteiger partial charge is 0.389 e. The number of benzene rings is 1. The van der Waals surface area contributed by atoms with E-state index in [-0.39, 0.29) is 18.0 Å². The summed E-state index contributed by atoms with van der Waals surface area (Å²) >= 11 is 0. The third kappa shape index (κ3) is 2.99. The van der Waals surface area contributed by atoms with Gasteiger partial charge >= 0.3 is 0 Å². The van der Waals surface area contributed by atoms with E-state index in [4.69, 9.17) is 0 Å². The summed E-state index contributed by atoms with van der Waals surface area (Å²) < 4.78 is 3.93. The number of hydrogen-bond donors (Lipinski definition) is 1. The van der Waals surface area contributed by atoms with E-state index in [0.29, 0.717) is 13.0 Å². The fourth-order valence-corrected chi connectivity index (χ4v) is 3.92. The molecule has 1 aliphatic carbocycles. The molecule has 3 aromatic rings.